The fourth-order valence-corrected chi connectivity index (χ4v) is 2.88. The van der Waals surface area contributed by atoms with Gasteiger partial charge in [-0.3, -0.25) is 9.48 Å². The molecule has 0 unspecified atom stereocenters. The Bertz CT molecular complexity index is 1170. The molecule has 0 fully saturated rings. The van der Waals surface area contributed by atoms with Gasteiger partial charge in [-0.05, 0) is 36.8 Å². The summed E-state index contributed by atoms with van der Waals surface area (Å²) in [6.07, 6.45) is 1.32. The van der Waals surface area contributed by atoms with Gasteiger partial charge in [0.15, 0.2) is 5.82 Å². The van der Waals surface area contributed by atoms with E-state index < -0.39 is 0 Å². The lowest BCUT2D eigenvalue weighted by Gasteiger charge is -2.04. The first kappa shape index (κ1) is 16.5. The van der Waals surface area contributed by atoms with Gasteiger partial charge in [0, 0.05) is 5.39 Å². The zero-order valence-electron chi connectivity index (χ0n) is 14.5. The van der Waals surface area contributed by atoms with Gasteiger partial charge in [-0.2, -0.15) is 10.4 Å². The predicted molar refractivity (Wildman–Crippen MR) is 99.2 cm³/mol. The maximum absolute atomic E-state index is 12.5. The van der Waals surface area contributed by atoms with Gasteiger partial charge in [-0.1, -0.05) is 29.4 Å². The maximum Gasteiger partial charge on any atom is 0.262 e. The molecule has 0 aliphatic carbocycles. The largest absolute Gasteiger partial charge is 0.364 e. The lowest BCUT2D eigenvalue weighted by molar-refractivity contribution is 0.102. The molecule has 0 atom stereocenters. The highest BCUT2D eigenvalue weighted by Crippen LogP contribution is 2.24. The summed E-state index contributed by atoms with van der Waals surface area (Å²) in [7, 11) is 0. The zero-order valence-corrected chi connectivity index (χ0v) is 14.5. The molecule has 27 heavy (non-hydrogen) atoms. The highest BCUT2D eigenvalue weighted by Gasteiger charge is 2.17. The summed E-state index contributed by atoms with van der Waals surface area (Å²) >= 11 is 0. The predicted octanol–water partition coefficient (Wildman–Crippen LogP) is 3.51. The minimum atomic E-state index is -0.317. The summed E-state index contributed by atoms with van der Waals surface area (Å²) in [5, 5.41) is 20.9. The van der Waals surface area contributed by atoms with Crippen molar-refractivity contribution in [1.29, 1.82) is 5.26 Å². The lowest BCUT2D eigenvalue weighted by atomic mass is 10.1. The standard InChI is InChI=1S/C20H15N5O2/c1-13-17(12-27-24-13)20(26)22-19-16-4-2-3-5-18(16)25(23-19)11-15-8-6-14(10-21)7-9-15/h2-9,12H,11H2,1H3,(H,22,23,26). The molecule has 1 amide bonds. The number of fused-ring (bicyclic) bond motifs is 1. The number of amides is 1. The monoisotopic (exact) mass is 357 g/mol. The van der Waals surface area contributed by atoms with Gasteiger partial charge in [0.1, 0.15) is 11.8 Å². The van der Waals surface area contributed by atoms with E-state index in [1.165, 1.54) is 6.26 Å². The van der Waals surface area contributed by atoms with Gasteiger partial charge < -0.3 is 9.84 Å². The number of nitriles is 1. The molecule has 0 bridgehead atoms. The molecule has 4 rings (SSSR count). The number of nitrogens with one attached hydrogen (secondary N) is 1. The number of aryl methyl sites for hydroxylation is 1. The summed E-state index contributed by atoms with van der Waals surface area (Å²) < 4.78 is 6.66. The van der Waals surface area contributed by atoms with Gasteiger partial charge in [0.05, 0.1) is 29.4 Å². The molecule has 0 saturated heterocycles. The van der Waals surface area contributed by atoms with E-state index in [2.05, 4.69) is 21.6 Å². The van der Waals surface area contributed by atoms with E-state index in [-0.39, 0.29) is 5.91 Å². The molecule has 0 radical (unpaired) electrons. The Hall–Kier alpha value is -3.92. The second kappa shape index (κ2) is 6.77. The van der Waals surface area contributed by atoms with Crippen LogP contribution in [0.4, 0.5) is 5.82 Å². The first-order chi connectivity index (χ1) is 13.2. The molecular weight excluding hydrogens is 342 g/mol. The number of hydrogen-bond acceptors (Lipinski definition) is 5. The van der Waals surface area contributed by atoms with Crippen molar-refractivity contribution in [2.24, 2.45) is 0 Å². The fourth-order valence-electron chi connectivity index (χ4n) is 2.88. The van der Waals surface area contributed by atoms with Crippen molar-refractivity contribution in [3.8, 4) is 6.07 Å². The number of carbonyl (C=O) groups excluding carboxylic acids is 1. The number of anilines is 1. The molecule has 0 spiro atoms. The summed E-state index contributed by atoms with van der Waals surface area (Å²) in [5.41, 5.74) is 3.42. The average Bonchev–Trinajstić information content (AvgIpc) is 3.27. The molecule has 0 aliphatic rings. The molecule has 4 aromatic rings. The van der Waals surface area contributed by atoms with Crippen molar-refractivity contribution in [1.82, 2.24) is 14.9 Å². The van der Waals surface area contributed by atoms with Crippen LogP contribution >= 0.6 is 0 Å². The van der Waals surface area contributed by atoms with E-state index in [1.54, 1.807) is 19.1 Å². The van der Waals surface area contributed by atoms with Crippen molar-refractivity contribution in [3.05, 3.63) is 77.2 Å². The quantitative estimate of drug-likeness (QED) is 0.603. The SMILES string of the molecule is Cc1nocc1C(=O)Nc1nn(Cc2ccc(C#N)cc2)c2ccccc12. The minimum Gasteiger partial charge on any atom is -0.364 e. The highest BCUT2D eigenvalue weighted by atomic mass is 16.5. The summed E-state index contributed by atoms with van der Waals surface area (Å²) in [5.74, 6) is 0.160. The molecule has 7 nitrogen and oxygen atoms in total. The smallest absolute Gasteiger partial charge is 0.262 e. The number of carbonyl (C=O) groups is 1. The van der Waals surface area contributed by atoms with E-state index in [0.717, 1.165) is 16.5 Å². The van der Waals surface area contributed by atoms with Crippen molar-refractivity contribution >= 4 is 22.6 Å². The molecule has 132 valence electrons. The van der Waals surface area contributed by atoms with Crippen LogP contribution in [0.15, 0.2) is 59.3 Å². The van der Waals surface area contributed by atoms with Crippen LogP contribution in [-0.4, -0.2) is 20.8 Å². The first-order valence-electron chi connectivity index (χ1n) is 8.32. The molecule has 2 aromatic carbocycles. The second-order valence-electron chi connectivity index (χ2n) is 6.10. The van der Waals surface area contributed by atoms with Gasteiger partial charge >= 0.3 is 0 Å². The van der Waals surface area contributed by atoms with E-state index in [9.17, 15) is 4.79 Å². The second-order valence-corrected chi connectivity index (χ2v) is 6.10. The van der Waals surface area contributed by atoms with Crippen LogP contribution < -0.4 is 5.32 Å². The highest BCUT2D eigenvalue weighted by molar-refractivity contribution is 6.08. The number of rotatable bonds is 4. The van der Waals surface area contributed by atoms with Gasteiger partial charge in [0.2, 0.25) is 0 Å². The normalized spacial score (nSPS) is 10.7. The summed E-state index contributed by atoms with van der Waals surface area (Å²) in [6, 6.07) is 17.1. The van der Waals surface area contributed by atoms with Crippen molar-refractivity contribution in [2.45, 2.75) is 13.5 Å². The summed E-state index contributed by atoms with van der Waals surface area (Å²) in [6.45, 7) is 2.23. The minimum absolute atomic E-state index is 0.317. The molecule has 2 aromatic heterocycles. The van der Waals surface area contributed by atoms with E-state index in [1.807, 2.05) is 41.1 Å². The van der Waals surface area contributed by atoms with Crippen LogP contribution in [0.1, 0.15) is 27.2 Å². The Morgan fingerprint density at radius 2 is 2.00 bits per heavy atom. The Morgan fingerprint density at radius 1 is 1.22 bits per heavy atom. The van der Waals surface area contributed by atoms with Crippen LogP contribution in [-0.2, 0) is 6.54 Å². The Kier molecular flexibility index (Phi) is 4.15. The average molecular weight is 357 g/mol. The lowest BCUT2D eigenvalue weighted by Crippen LogP contribution is -2.13. The number of aromatic nitrogens is 3. The fraction of sp³-hybridized carbons (Fsp3) is 0.100. The molecule has 1 N–H and O–H groups in total. The third-order valence-electron chi connectivity index (χ3n) is 4.30. The topological polar surface area (TPSA) is 96.7 Å². The first-order valence-corrected chi connectivity index (χ1v) is 8.32. The Morgan fingerprint density at radius 3 is 2.70 bits per heavy atom. The maximum atomic E-state index is 12.5. The zero-order chi connectivity index (χ0) is 18.8. The van der Waals surface area contributed by atoms with Gasteiger partial charge in [0.25, 0.3) is 5.91 Å². The molecule has 2 heterocycles. The Labute approximate surface area is 154 Å². The third-order valence-corrected chi connectivity index (χ3v) is 4.30. The van der Waals surface area contributed by atoms with Gasteiger partial charge in [-0.25, -0.2) is 0 Å². The number of benzene rings is 2. The Balaban J connectivity index is 1.67. The van der Waals surface area contributed by atoms with Gasteiger partial charge in [-0.15, -0.1) is 0 Å². The van der Waals surface area contributed by atoms with E-state index >= 15 is 0 Å². The van der Waals surface area contributed by atoms with Crippen molar-refractivity contribution < 1.29 is 9.32 Å². The van der Waals surface area contributed by atoms with Crippen LogP contribution in [0, 0.1) is 18.3 Å². The molecule has 0 aliphatic heterocycles. The molecule has 0 saturated carbocycles. The van der Waals surface area contributed by atoms with Crippen LogP contribution in [0.25, 0.3) is 10.9 Å². The van der Waals surface area contributed by atoms with Crippen molar-refractivity contribution in [3.63, 3.8) is 0 Å². The van der Waals surface area contributed by atoms with Crippen LogP contribution in [0.2, 0.25) is 0 Å². The van der Waals surface area contributed by atoms with Crippen LogP contribution in [0.3, 0.4) is 0 Å². The van der Waals surface area contributed by atoms with Crippen LogP contribution in [0.5, 0.6) is 0 Å². The summed E-state index contributed by atoms with van der Waals surface area (Å²) in [4.78, 5) is 12.5. The number of hydrogen-bond donors (Lipinski definition) is 1. The third kappa shape index (κ3) is 3.16. The molecular formula is C20H15N5O2. The van der Waals surface area contributed by atoms with Crippen molar-refractivity contribution in [2.75, 3.05) is 5.32 Å². The number of nitrogens with zero attached hydrogens (tertiary/aromatic N) is 4. The van der Waals surface area contributed by atoms with E-state index in [4.69, 9.17) is 9.78 Å². The molecule has 7 heteroatoms. The van der Waals surface area contributed by atoms with E-state index in [0.29, 0.717) is 29.2 Å². The number of para-hydroxylation sites is 1.